The van der Waals surface area contributed by atoms with E-state index in [-0.39, 0.29) is 5.91 Å². The number of hydrogen-bond acceptors (Lipinski definition) is 5. The normalized spacial score (nSPS) is 13.2. The first-order chi connectivity index (χ1) is 13.2. The van der Waals surface area contributed by atoms with Gasteiger partial charge in [-0.15, -0.1) is 0 Å². The Hall–Kier alpha value is -3.35. The summed E-state index contributed by atoms with van der Waals surface area (Å²) in [7, 11) is 3.43. The van der Waals surface area contributed by atoms with Crippen LogP contribution in [0.3, 0.4) is 0 Å². The molecule has 3 aromatic rings. The van der Waals surface area contributed by atoms with Gasteiger partial charge in [0, 0.05) is 37.3 Å². The summed E-state index contributed by atoms with van der Waals surface area (Å²) < 4.78 is 5.20. The molecule has 27 heavy (non-hydrogen) atoms. The van der Waals surface area contributed by atoms with Gasteiger partial charge >= 0.3 is 0 Å². The molecule has 2 N–H and O–H groups in total. The Balaban J connectivity index is 1.54. The van der Waals surface area contributed by atoms with E-state index in [1.807, 2.05) is 29.2 Å². The zero-order valence-electron chi connectivity index (χ0n) is 15.3. The molecule has 4 rings (SSSR count). The van der Waals surface area contributed by atoms with Crippen molar-refractivity contribution in [2.75, 3.05) is 26.0 Å². The van der Waals surface area contributed by atoms with Crippen molar-refractivity contribution in [2.45, 2.75) is 13.0 Å². The molecule has 3 heterocycles. The molecule has 0 aliphatic carbocycles. The average molecular weight is 363 g/mol. The van der Waals surface area contributed by atoms with Crippen molar-refractivity contribution in [2.24, 2.45) is 0 Å². The Kier molecular flexibility index (Phi) is 4.50. The largest absolute Gasteiger partial charge is 0.497 e. The molecular formula is C20H21N5O2. The third-order valence-corrected chi connectivity index (χ3v) is 4.75. The highest BCUT2D eigenvalue weighted by atomic mass is 16.5. The van der Waals surface area contributed by atoms with Crippen LogP contribution >= 0.6 is 0 Å². The number of carbonyl (C=O) groups excluding carboxylic acids is 1. The molecule has 0 unspecified atom stereocenters. The maximum absolute atomic E-state index is 12.8. The molecule has 1 aliphatic rings. The number of hydrogen-bond donors (Lipinski definition) is 2. The monoisotopic (exact) mass is 363 g/mol. The summed E-state index contributed by atoms with van der Waals surface area (Å²) in [5, 5.41) is 2.96. The van der Waals surface area contributed by atoms with Gasteiger partial charge in [-0.3, -0.25) is 4.79 Å². The molecule has 1 aromatic carbocycles. The van der Waals surface area contributed by atoms with Gasteiger partial charge in [0.1, 0.15) is 17.4 Å². The van der Waals surface area contributed by atoms with Gasteiger partial charge in [0.25, 0.3) is 5.91 Å². The zero-order valence-corrected chi connectivity index (χ0v) is 15.3. The summed E-state index contributed by atoms with van der Waals surface area (Å²) in [6.07, 6.45) is 2.38. The second kappa shape index (κ2) is 7.11. The Morgan fingerprint density at radius 3 is 2.81 bits per heavy atom. The Morgan fingerprint density at radius 2 is 2.07 bits per heavy atom. The van der Waals surface area contributed by atoms with Crippen molar-refractivity contribution in [3.05, 3.63) is 59.5 Å². The maximum atomic E-state index is 12.8. The molecule has 0 fully saturated rings. The molecule has 0 spiro atoms. The van der Waals surface area contributed by atoms with E-state index in [1.165, 1.54) is 0 Å². The number of nitrogens with zero attached hydrogens (tertiary/aromatic N) is 3. The van der Waals surface area contributed by atoms with Crippen LogP contribution in [0.2, 0.25) is 0 Å². The average Bonchev–Trinajstić information content (AvgIpc) is 3.16. The van der Waals surface area contributed by atoms with Crippen molar-refractivity contribution in [3.8, 4) is 17.1 Å². The number of H-pyrrole nitrogens is 1. The van der Waals surface area contributed by atoms with Crippen molar-refractivity contribution in [1.29, 1.82) is 0 Å². The van der Waals surface area contributed by atoms with Crippen molar-refractivity contribution in [3.63, 3.8) is 0 Å². The second-order valence-corrected chi connectivity index (χ2v) is 6.40. The number of aromatic nitrogens is 3. The van der Waals surface area contributed by atoms with Crippen LogP contribution in [0.25, 0.3) is 11.4 Å². The molecule has 0 saturated carbocycles. The first kappa shape index (κ1) is 17.1. The summed E-state index contributed by atoms with van der Waals surface area (Å²) in [4.78, 5) is 26.9. The number of ether oxygens (including phenoxy) is 1. The minimum Gasteiger partial charge on any atom is -0.497 e. The Morgan fingerprint density at radius 1 is 1.26 bits per heavy atom. The van der Waals surface area contributed by atoms with E-state index in [9.17, 15) is 4.79 Å². The van der Waals surface area contributed by atoms with Gasteiger partial charge in [-0.25, -0.2) is 9.97 Å². The number of anilines is 1. The standard InChI is InChI=1S/C20H21N5O2/c1-21-18-11-14(7-9-22-18)20(26)25-10-8-16-17(12-25)24-19(23-16)13-3-5-15(27-2)6-4-13/h3-7,9,11H,8,10,12H2,1-2H3,(H,21,22)(H,23,24). The highest BCUT2D eigenvalue weighted by molar-refractivity contribution is 5.95. The zero-order chi connectivity index (χ0) is 18.8. The lowest BCUT2D eigenvalue weighted by atomic mass is 10.1. The number of methoxy groups -OCH3 is 1. The van der Waals surface area contributed by atoms with E-state index in [1.54, 1.807) is 32.5 Å². The number of amides is 1. The third-order valence-electron chi connectivity index (χ3n) is 4.75. The van der Waals surface area contributed by atoms with Gasteiger partial charge in [0.2, 0.25) is 0 Å². The highest BCUT2D eigenvalue weighted by Gasteiger charge is 2.25. The van der Waals surface area contributed by atoms with Crippen LogP contribution in [0.1, 0.15) is 21.7 Å². The number of rotatable bonds is 4. The molecule has 0 radical (unpaired) electrons. The number of carbonyl (C=O) groups is 1. The van der Waals surface area contributed by atoms with Gasteiger partial charge in [0.05, 0.1) is 25.0 Å². The summed E-state index contributed by atoms with van der Waals surface area (Å²) >= 11 is 0. The first-order valence-corrected chi connectivity index (χ1v) is 8.83. The SMILES string of the molecule is CNc1cc(C(=O)N2CCc3nc(-c4ccc(OC)cc4)[nH]c3C2)ccn1. The van der Waals surface area contributed by atoms with Crippen LogP contribution in [0, 0.1) is 0 Å². The van der Waals surface area contributed by atoms with Crippen LogP contribution in [0.15, 0.2) is 42.6 Å². The van der Waals surface area contributed by atoms with E-state index < -0.39 is 0 Å². The predicted molar refractivity (Wildman–Crippen MR) is 103 cm³/mol. The molecule has 2 aromatic heterocycles. The highest BCUT2D eigenvalue weighted by Crippen LogP contribution is 2.25. The summed E-state index contributed by atoms with van der Waals surface area (Å²) in [5.41, 5.74) is 3.64. The number of fused-ring (bicyclic) bond motifs is 1. The van der Waals surface area contributed by atoms with Crippen molar-refractivity contribution in [1.82, 2.24) is 19.9 Å². The fraction of sp³-hybridized carbons (Fsp3) is 0.250. The van der Waals surface area contributed by atoms with Crippen LogP contribution < -0.4 is 10.1 Å². The summed E-state index contributed by atoms with van der Waals surface area (Å²) in [6.45, 7) is 1.17. The van der Waals surface area contributed by atoms with E-state index in [2.05, 4.69) is 15.3 Å². The van der Waals surface area contributed by atoms with E-state index in [0.29, 0.717) is 24.5 Å². The Labute approximate surface area is 157 Å². The second-order valence-electron chi connectivity index (χ2n) is 6.40. The van der Waals surface area contributed by atoms with Crippen LogP contribution in [0.4, 0.5) is 5.82 Å². The van der Waals surface area contributed by atoms with Crippen molar-refractivity contribution >= 4 is 11.7 Å². The lowest BCUT2D eigenvalue weighted by Gasteiger charge is -2.26. The summed E-state index contributed by atoms with van der Waals surface area (Å²) in [5.74, 6) is 2.31. The fourth-order valence-corrected chi connectivity index (χ4v) is 3.24. The fourth-order valence-electron chi connectivity index (χ4n) is 3.24. The van der Waals surface area contributed by atoms with E-state index >= 15 is 0 Å². The molecule has 0 atom stereocenters. The molecular weight excluding hydrogens is 342 g/mol. The number of aromatic amines is 1. The molecule has 0 bridgehead atoms. The van der Waals surface area contributed by atoms with Crippen LogP contribution in [0.5, 0.6) is 5.75 Å². The van der Waals surface area contributed by atoms with Gasteiger partial charge in [-0.1, -0.05) is 0 Å². The summed E-state index contributed by atoms with van der Waals surface area (Å²) in [6, 6.07) is 11.3. The lowest BCUT2D eigenvalue weighted by Crippen LogP contribution is -2.36. The minimum absolute atomic E-state index is 0.000137. The molecule has 7 nitrogen and oxygen atoms in total. The van der Waals surface area contributed by atoms with Crippen LogP contribution in [-0.4, -0.2) is 46.5 Å². The van der Waals surface area contributed by atoms with Crippen LogP contribution in [-0.2, 0) is 13.0 Å². The predicted octanol–water partition coefficient (Wildman–Crippen LogP) is 2.72. The third kappa shape index (κ3) is 3.36. The molecule has 138 valence electrons. The van der Waals surface area contributed by atoms with E-state index in [4.69, 9.17) is 9.72 Å². The smallest absolute Gasteiger partial charge is 0.254 e. The van der Waals surface area contributed by atoms with Gasteiger partial charge < -0.3 is 19.9 Å². The molecule has 1 aliphatic heterocycles. The molecule has 7 heteroatoms. The maximum Gasteiger partial charge on any atom is 0.254 e. The number of imidazole rings is 1. The number of benzene rings is 1. The van der Waals surface area contributed by atoms with Gasteiger partial charge in [-0.2, -0.15) is 0 Å². The topological polar surface area (TPSA) is 83.1 Å². The van der Waals surface area contributed by atoms with Gasteiger partial charge in [-0.05, 0) is 36.4 Å². The minimum atomic E-state index is 0.000137. The van der Waals surface area contributed by atoms with Crippen molar-refractivity contribution < 1.29 is 9.53 Å². The Bertz CT molecular complexity index is 965. The molecule has 1 amide bonds. The number of nitrogens with one attached hydrogen (secondary N) is 2. The first-order valence-electron chi connectivity index (χ1n) is 8.83. The number of pyridine rings is 1. The van der Waals surface area contributed by atoms with E-state index in [0.717, 1.165) is 34.9 Å². The lowest BCUT2D eigenvalue weighted by molar-refractivity contribution is 0.0732. The quantitative estimate of drug-likeness (QED) is 0.745. The molecule has 0 saturated heterocycles. The van der Waals surface area contributed by atoms with Gasteiger partial charge in [0.15, 0.2) is 0 Å².